The normalized spacial score (nSPS) is 10.3. The molecule has 0 aromatic heterocycles. The number of rotatable bonds is 8. The van der Waals surface area contributed by atoms with Gasteiger partial charge in [-0.25, -0.2) is 0 Å². The Hall–Kier alpha value is -1.44. The molecule has 0 fully saturated rings. The maximum Gasteiger partial charge on any atom is 0.104 e. The van der Waals surface area contributed by atoms with Crippen LogP contribution in [0.25, 0.3) is 5.41 Å². The Morgan fingerprint density at radius 2 is 1.35 bits per heavy atom. The quantitative estimate of drug-likeness (QED) is 0.400. The number of isocyanates is 1. The molecular weight excluding hydrogens is 248 g/mol. The van der Waals surface area contributed by atoms with E-state index in [2.05, 4.69) is 51.1 Å². The van der Waals surface area contributed by atoms with Crippen LogP contribution in [0.5, 0.6) is 0 Å². The van der Waals surface area contributed by atoms with Crippen molar-refractivity contribution >= 4 is 6.08 Å². The zero-order chi connectivity index (χ0) is 15.3. The molecule has 112 valence electrons. The molecule has 0 unspecified atom stereocenters. The van der Waals surface area contributed by atoms with Crippen LogP contribution in [0.4, 0.5) is 0 Å². The van der Waals surface area contributed by atoms with Crippen LogP contribution in [0.2, 0.25) is 0 Å². The van der Waals surface area contributed by atoms with Crippen LogP contribution in [0.3, 0.4) is 0 Å². The molecule has 0 aliphatic heterocycles. The van der Waals surface area contributed by atoms with Crippen molar-refractivity contribution in [1.29, 1.82) is 0 Å². The van der Waals surface area contributed by atoms with Crippen LogP contribution in [-0.2, 0) is 11.3 Å². The zero-order valence-electron chi connectivity index (χ0n) is 13.1. The van der Waals surface area contributed by atoms with Gasteiger partial charge in [0.15, 0.2) is 0 Å². The molecule has 0 saturated heterocycles. The van der Waals surface area contributed by atoms with Gasteiger partial charge in [-0.2, -0.15) is 0 Å². The van der Waals surface area contributed by atoms with Gasteiger partial charge in [0.1, 0.15) is 6.54 Å². The van der Waals surface area contributed by atoms with Gasteiger partial charge in [0.05, 0.1) is 19.6 Å². The minimum atomic E-state index is 0.500. The Morgan fingerprint density at radius 1 is 0.950 bits per heavy atom. The van der Waals surface area contributed by atoms with Crippen molar-refractivity contribution in [3.8, 4) is 0 Å². The van der Waals surface area contributed by atoms with Gasteiger partial charge in [-0.05, 0) is 25.3 Å². The first-order valence-electron chi connectivity index (χ1n) is 7.58. The van der Waals surface area contributed by atoms with E-state index < -0.39 is 0 Å². The van der Waals surface area contributed by atoms with E-state index in [4.69, 9.17) is 10.2 Å². The second-order valence-corrected chi connectivity index (χ2v) is 5.25. The van der Waals surface area contributed by atoms with Crippen LogP contribution >= 0.6 is 0 Å². The average molecular weight is 276 g/mol. The van der Waals surface area contributed by atoms with Gasteiger partial charge in [-0.15, -0.1) is 0 Å². The third-order valence-corrected chi connectivity index (χ3v) is 3.45. The van der Waals surface area contributed by atoms with E-state index in [1.54, 1.807) is 0 Å². The van der Waals surface area contributed by atoms with Crippen molar-refractivity contribution in [2.24, 2.45) is 0 Å². The molecule has 1 aromatic rings. The summed E-state index contributed by atoms with van der Waals surface area (Å²) < 4.78 is 1.27. The molecule has 3 heteroatoms. The van der Waals surface area contributed by atoms with E-state index in [0.717, 1.165) is 0 Å². The predicted octanol–water partition coefficient (Wildman–Crippen LogP) is 4.13. The Kier molecular flexibility index (Phi) is 10.6. The fraction of sp³-hybridized carbons (Fsp3) is 0.588. The molecule has 1 rings (SSSR count). The van der Waals surface area contributed by atoms with Crippen LogP contribution in [-0.4, -0.2) is 30.2 Å². The molecule has 0 aliphatic carbocycles. The van der Waals surface area contributed by atoms with E-state index in [1.165, 1.54) is 55.5 Å². The third kappa shape index (κ3) is 7.22. The lowest BCUT2D eigenvalue weighted by molar-refractivity contribution is -0.941. The predicted molar refractivity (Wildman–Crippen MR) is 84.9 cm³/mol. The Balaban J connectivity index is 0.00000110. The van der Waals surface area contributed by atoms with E-state index in [9.17, 15) is 0 Å². The molecule has 0 spiro atoms. The second kappa shape index (κ2) is 11.4. The molecule has 20 heavy (non-hydrogen) atoms. The fourth-order valence-electron chi connectivity index (χ4n) is 2.97. The number of nitrogens with zero attached hydrogens (tertiary/aromatic N) is 2. The van der Waals surface area contributed by atoms with Crippen molar-refractivity contribution in [3.63, 3.8) is 0 Å². The highest BCUT2D eigenvalue weighted by molar-refractivity contribution is 5.36. The van der Waals surface area contributed by atoms with Crippen LogP contribution in [0.1, 0.15) is 45.6 Å². The van der Waals surface area contributed by atoms with Crippen molar-refractivity contribution < 1.29 is 9.28 Å². The van der Waals surface area contributed by atoms with E-state index in [1.807, 2.05) is 0 Å². The highest BCUT2D eigenvalue weighted by Gasteiger charge is 2.24. The summed E-state index contributed by atoms with van der Waals surface area (Å²) in [6.07, 6.45) is 4.35. The first kappa shape index (κ1) is 18.6. The molecule has 0 heterocycles. The largest absolute Gasteiger partial charge is 0.724 e. The minimum Gasteiger partial charge on any atom is -0.724 e. The number of hydrogen-bond acceptors (Lipinski definition) is 1. The maximum atomic E-state index is 8.24. The SMILES string of the molecule is CCC[N+](CCC)(CCC)Cc1ccccc1.[N-]=C=O. The topological polar surface area (TPSA) is 39.4 Å². The fourth-order valence-corrected chi connectivity index (χ4v) is 2.97. The Morgan fingerprint density at radius 3 is 1.70 bits per heavy atom. The summed E-state index contributed by atoms with van der Waals surface area (Å²) in [5, 5.41) is 6.76. The van der Waals surface area contributed by atoms with E-state index in [0.29, 0.717) is 6.08 Å². The molecular formula is C17H28N2O. The molecule has 0 saturated carbocycles. The monoisotopic (exact) mass is 276 g/mol. The summed E-state index contributed by atoms with van der Waals surface area (Å²) in [6, 6.07) is 11.0. The lowest BCUT2D eigenvalue weighted by atomic mass is 10.1. The average Bonchev–Trinajstić information content (AvgIpc) is 2.41. The standard InChI is InChI=1S/C16H28N.CNO/c1-4-12-17(13-5-2,14-6-3)15-16-10-8-7-9-11-16;2-1-3/h7-11H,4-6,12-15H2,1-3H3;/q+1;-1. The summed E-state index contributed by atoms with van der Waals surface area (Å²) in [6.45, 7) is 12.1. The van der Waals surface area contributed by atoms with Crippen LogP contribution < -0.4 is 0 Å². The third-order valence-electron chi connectivity index (χ3n) is 3.45. The van der Waals surface area contributed by atoms with Crippen LogP contribution in [0, 0.1) is 0 Å². The summed E-state index contributed by atoms with van der Waals surface area (Å²) in [5.74, 6) is 0. The maximum absolute atomic E-state index is 8.24. The highest BCUT2D eigenvalue weighted by atomic mass is 16.1. The Bertz CT molecular complexity index is 353. The van der Waals surface area contributed by atoms with Gasteiger partial charge in [0, 0.05) is 5.56 Å². The lowest BCUT2D eigenvalue weighted by Gasteiger charge is -2.38. The molecule has 0 aliphatic rings. The zero-order valence-corrected chi connectivity index (χ0v) is 13.1. The molecule has 0 amide bonds. The van der Waals surface area contributed by atoms with Crippen molar-refractivity contribution in [2.45, 2.75) is 46.6 Å². The van der Waals surface area contributed by atoms with Gasteiger partial charge in [-0.3, -0.25) is 4.79 Å². The van der Waals surface area contributed by atoms with E-state index >= 15 is 0 Å². The summed E-state index contributed by atoms with van der Waals surface area (Å²) in [7, 11) is 0. The number of hydrogen-bond donors (Lipinski definition) is 0. The van der Waals surface area contributed by atoms with Gasteiger partial charge >= 0.3 is 0 Å². The van der Waals surface area contributed by atoms with Crippen molar-refractivity contribution in [1.82, 2.24) is 0 Å². The van der Waals surface area contributed by atoms with Gasteiger partial charge < -0.3 is 9.89 Å². The van der Waals surface area contributed by atoms with Crippen molar-refractivity contribution in [2.75, 3.05) is 19.6 Å². The lowest BCUT2D eigenvalue weighted by Crippen LogP contribution is -2.48. The number of carbonyl (C=O) groups excluding carboxylic acids is 1. The summed E-state index contributed by atoms with van der Waals surface area (Å²) >= 11 is 0. The second-order valence-electron chi connectivity index (χ2n) is 5.25. The first-order valence-corrected chi connectivity index (χ1v) is 7.58. The number of benzene rings is 1. The van der Waals surface area contributed by atoms with Gasteiger partial charge in [-0.1, -0.05) is 51.1 Å². The Labute approximate surface area is 123 Å². The summed E-state index contributed by atoms with van der Waals surface area (Å²) in [4.78, 5) is 8.24. The number of quaternary nitrogens is 1. The molecule has 0 radical (unpaired) electrons. The van der Waals surface area contributed by atoms with Gasteiger partial charge in [0.25, 0.3) is 0 Å². The first-order chi connectivity index (χ1) is 9.67. The highest BCUT2D eigenvalue weighted by Crippen LogP contribution is 2.17. The molecule has 0 N–H and O–H groups in total. The van der Waals surface area contributed by atoms with Crippen LogP contribution in [0.15, 0.2) is 30.3 Å². The molecule has 0 atom stereocenters. The summed E-state index contributed by atoms with van der Waals surface area (Å²) in [5.41, 5.74) is 1.49. The molecule has 3 nitrogen and oxygen atoms in total. The van der Waals surface area contributed by atoms with Crippen molar-refractivity contribution in [3.05, 3.63) is 41.3 Å². The minimum absolute atomic E-state index is 0.500. The smallest absolute Gasteiger partial charge is 0.104 e. The molecule has 1 aromatic carbocycles. The van der Waals surface area contributed by atoms with Gasteiger partial charge in [0.2, 0.25) is 0 Å². The molecule has 0 bridgehead atoms. The van der Waals surface area contributed by atoms with E-state index in [-0.39, 0.29) is 0 Å².